The van der Waals surface area contributed by atoms with Crippen LogP contribution in [0.5, 0.6) is 0 Å². The fourth-order valence-corrected chi connectivity index (χ4v) is 0.302. The second-order valence-corrected chi connectivity index (χ2v) is 2.39. The first-order valence-electron chi connectivity index (χ1n) is 2.49. The third-order valence-corrected chi connectivity index (χ3v) is 0.903. The average Bonchev–Trinajstić information content (AvgIpc) is 1.62. The van der Waals surface area contributed by atoms with Gasteiger partial charge in [-0.3, -0.25) is 0 Å². The number of rotatable bonds is 2. The molecule has 0 saturated heterocycles. The summed E-state index contributed by atoms with van der Waals surface area (Å²) in [4.78, 5) is 9.94. The van der Waals surface area contributed by atoms with Gasteiger partial charge in [0, 0.05) is 0 Å². The van der Waals surface area contributed by atoms with Crippen LogP contribution in [-0.2, 0) is 4.79 Å². The molecule has 0 heterocycles. The summed E-state index contributed by atoms with van der Waals surface area (Å²) in [5.41, 5.74) is -1.56. The molecule has 1 unspecified atom stereocenters. The maximum absolute atomic E-state index is 9.94. The fourth-order valence-electron chi connectivity index (χ4n) is 0.302. The molecule has 0 rings (SSSR count). The molecule has 0 spiro atoms. The second-order valence-electron chi connectivity index (χ2n) is 2.39. The SMILES string of the molecule is CC(C)(O)C(O)C(=O)O.[H-].[Na+]. The van der Waals surface area contributed by atoms with E-state index in [1.54, 1.807) is 0 Å². The van der Waals surface area contributed by atoms with E-state index in [4.69, 9.17) is 15.3 Å². The van der Waals surface area contributed by atoms with E-state index in [2.05, 4.69) is 0 Å². The summed E-state index contributed by atoms with van der Waals surface area (Å²) in [5, 5.41) is 25.5. The van der Waals surface area contributed by atoms with Gasteiger partial charge >= 0.3 is 35.5 Å². The van der Waals surface area contributed by atoms with Crippen LogP contribution in [0, 0.1) is 0 Å². The van der Waals surface area contributed by atoms with Gasteiger partial charge in [-0.15, -0.1) is 0 Å². The van der Waals surface area contributed by atoms with Gasteiger partial charge in [0.25, 0.3) is 0 Å². The predicted octanol–water partition coefficient (Wildman–Crippen LogP) is -3.68. The summed E-state index contributed by atoms with van der Waals surface area (Å²) in [6.45, 7) is 2.46. The molecule has 56 valence electrons. The van der Waals surface area contributed by atoms with Gasteiger partial charge in [-0.1, -0.05) is 0 Å². The molecule has 0 saturated carbocycles. The van der Waals surface area contributed by atoms with Crippen molar-refractivity contribution >= 4 is 5.97 Å². The van der Waals surface area contributed by atoms with Crippen LogP contribution in [0.15, 0.2) is 0 Å². The van der Waals surface area contributed by atoms with Crippen molar-refractivity contribution in [2.24, 2.45) is 0 Å². The third-order valence-electron chi connectivity index (χ3n) is 0.903. The first kappa shape index (κ1) is 13.0. The number of carboxylic acids is 1. The number of aliphatic carboxylic acids is 1. The summed E-state index contributed by atoms with van der Waals surface area (Å²) >= 11 is 0. The minimum Gasteiger partial charge on any atom is -1.00 e. The van der Waals surface area contributed by atoms with Crippen molar-refractivity contribution in [1.29, 1.82) is 0 Å². The van der Waals surface area contributed by atoms with E-state index in [0.29, 0.717) is 0 Å². The normalized spacial score (nSPS) is 13.6. The molecule has 4 nitrogen and oxygen atoms in total. The molecule has 0 bridgehead atoms. The Morgan fingerprint density at radius 3 is 1.90 bits per heavy atom. The van der Waals surface area contributed by atoms with Gasteiger partial charge in [-0.25, -0.2) is 4.79 Å². The van der Waals surface area contributed by atoms with E-state index in [1.807, 2.05) is 0 Å². The van der Waals surface area contributed by atoms with Gasteiger partial charge in [-0.05, 0) is 13.8 Å². The minimum absolute atomic E-state index is 0. The van der Waals surface area contributed by atoms with Crippen molar-refractivity contribution in [2.75, 3.05) is 0 Å². The van der Waals surface area contributed by atoms with Crippen molar-refractivity contribution < 1.29 is 51.1 Å². The quantitative estimate of drug-likeness (QED) is 0.362. The Morgan fingerprint density at radius 1 is 1.60 bits per heavy atom. The topological polar surface area (TPSA) is 77.8 Å². The average molecular weight is 158 g/mol. The minimum atomic E-state index is -1.71. The third kappa shape index (κ3) is 4.24. The first-order chi connectivity index (χ1) is 3.85. The van der Waals surface area contributed by atoms with Crippen molar-refractivity contribution in [3.05, 3.63) is 0 Å². The van der Waals surface area contributed by atoms with Crippen LogP contribution in [0.1, 0.15) is 15.3 Å². The van der Waals surface area contributed by atoms with Crippen LogP contribution < -0.4 is 29.6 Å². The van der Waals surface area contributed by atoms with Crippen LogP contribution in [0.2, 0.25) is 0 Å². The van der Waals surface area contributed by atoms with Crippen LogP contribution in [-0.4, -0.2) is 33.0 Å². The standard InChI is InChI=1S/C5H10O4.Na.H/c1-5(2,9)3(6)4(7)8;;/h3,6,9H,1-2H3,(H,7,8);;/q;+1;-1. The summed E-state index contributed by atoms with van der Waals surface area (Å²) in [7, 11) is 0. The van der Waals surface area contributed by atoms with Gasteiger partial charge in [0.1, 0.15) is 0 Å². The Morgan fingerprint density at radius 2 is 1.90 bits per heavy atom. The van der Waals surface area contributed by atoms with E-state index in [-0.39, 0.29) is 31.0 Å². The molecule has 3 N–H and O–H groups in total. The van der Waals surface area contributed by atoms with E-state index >= 15 is 0 Å². The predicted molar refractivity (Wildman–Crippen MR) is 31.1 cm³/mol. The summed E-state index contributed by atoms with van der Waals surface area (Å²) in [6, 6.07) is 0. The molecular formula is C5H11NaO4. The zero-order valence-electron chi connectivity index (χ0n) is 7.33. The van der Waals surface area contributed by atoms with E-state index in [9.17, 15) is 4.79 Å². The molecule has 0 radical (unpaired) electrons. The molecule has 0 fully saturated rings. The molecule has 0 aromatic rings. The van der Waals surface area contributed by atoms with Gasteiger partial charge in [0.2, 0.25) is 0 Å². The van der Waals surface area contributed by atoms with Gasteiger partial charge in [0.05, 0.1) is 5.60 Å². The zero-order valence-corrected chi connectivity index (χ0v) is 8.33. The molecule has 0 aromatic heterocycles. The number of hydrogen-bond acceptors (Lipinski definition) is 3. The number of hydrogen-bond donors (Lipinski definition) is 3. The van der Waals surface area contributed by atoms with E-state index < -0.39 is 17.7 Å². The first-order valence-corrected chi connectivity index (χ1v) is 2.49. The Labute approximate surface area is 82.6 Å². The Balaban J connectivity index is -0.000000320. The number of carbonyl (C=O) groups is 1. The maximum atomic E-state index is 9.94. The molecule has 0 aliphatic carbocycles. The zero-order chi connectivity index (χ0) is 7.65. The monoisotopic (exact) mass is 158 g/mol. The van der Waals surface area contributed by atoms with Gasteiger partial charge < -0.3 is 16.7 Å². The van der Waals surface area contributed by atoms with Crippen LogP contribution in [0.3, 0.4) is 0 Å². The number of carboxylic acid groups (broad SMARTS) is 1. The maximum Gasteiger partial charge on any atom is 1.00 e. The number of aliphatic hydroxyl groups excluding tert-OH is 1. The van der Waals surface area contributed by atoms with Crippen molar-refractivity contribution in [2.45, 2.75) is 25.6 Å². The molecule has 0 aliphatic rings. The van der Waals surface area contributed by atoms with E-state index in [1.165, 1.54) is 13.8 Å². The summed E-state index contributed by atoms with van der Waals surface area (Å²) < 4.78 is 0. The molecule has 5 heteroatoms. The molecule has 10 heavy (non-hydrogen) atoms. The second kappa shape index (κ2) is 4.31. The summed E-state index contributed by atoms with van der Waals surface area (Å²) in [5.74, 6) is -1.41. The van der Waals surface area contributed by atoms with Gasteiger partial charge in [-0.2, -0.15) is 0 Å². The molecule has 0 amide bonds. The van der Waals surface area contributed by atoms with Crippen molar-refractivity contribution in [3.8, 4) is 0 Å². The van der Waals surface area contributed by atoms with Crippen LogP contribution in [0.25, 0.3) is 0 Å². The Kier molecular flexibility index (Phi) is 5.60. The van der Waals surface area contributed by atoms with Crippen LogP contribution >= 0.6 is 0 Å². The molecular weight excluding hydrogens is 147 g/mol. The molecule has 1 atom stereocenters. The number of aliphatic hydroxyl groups is 2. The summed E-state index contributed by atoms with van der Waals surface area (Å²) in [6.07, 6.45) is -1.71. The van der Waals surface area contributed by atoms with Crippen molar-refractivity contribution in [1.82, 2.24) is 0 Å². The van der Waals surface area contributed by atoms with Crippen LogP contribution in [0.4, 0.5) is 0 Å². The fraction of sp³-hybridized carbons (Fsp3) is 0.800. The van der Waals surface area contributed by atoms with Crippen molar-refractivity contribution in [3.63, 3.8) is 0 Å². The van der Waals surface area contributed by atoms with Gasteiger partial charge in [0.15, 0.2) is 6.10 Å². The largest absolute Gasteiger partial charge is 1.00 e. The molecule has 0 aromatic carbocycles. The smallest absolute Gasteiger partial charge is 1.00 e. The Bertz CT molecular complexity index is 122. The van der Waals surface area contributed by atoms with E-state index in [0.717, 1.165) is 0 Å². The Hall–Kier alpha value is 0.390. The molecule has 0 aliphatic heterocycles.